The molecular weight excluding hydrogens is 434 g/mol. The zero-order valence-electron chi connectivity index (χ0n) is 19.2. The third kappa shape index (κ3) is 7.12. The molecule has 2 fully saturated rings. The molecule has 0 aromatic rings. The van der Waals surface area contributed by atoms with E-state index in [1.807, 2.05) is 13.8 Å². The van der Waals surface area contributed by atoms with E-state index in [-0.39, 0.29) is 31.6 Å². The molecule has 0 bridgehead atoms. The lowest BCUT2D eigenvalue weighted by molar-refractivity contribution is -0.161. The number of aliphatic hydroxyl groups is 3. The molecular formula is C22H37N3O8. The number of aliphatic carboxylic acids is 1. The summed E-state index contributed by atoms with van der Waals surface area (Å²) >= 11 is 0. The summed E-state index contributed by atoms with van der Waals surface area (Å²) in [5.41, 5.74) is 2.53. The Morgan fingerprint density at radius 3 is 2.18 bits per heavy atom. The van der Waals surface area contributed by atoms with E-state index in [2.05, 4.69) is 10.6 Å². The number of aliphatic hydroxyl groups excluding tert-OH is 2. The van der Waals surface area contributed by atoms with Crippen molar-refractivity contribution in [1.29, 1.82) is 0 Å². The van der Waals surface area contributed by atoms with Gasteiger partial charge in [-0.05, 0) is 30.6 Å². The van der Waals surface area contributed by atoms with Crippen LogP contribution in [0.1, 0.15) is 71.6 Å². The van der Waals surface area contributed by atoms with Crippen molar-refractivity contribution >= 4 is 23.7 Å². The zero-order valence-corrected chi connectivity index (χ0v) is 19.2. The summed E-state index contributed by atoms with van der Waals surface area (Å²) < 4.78 is 0. The Hall–Kier alpha value is -2.24. The Kier molecular flexibility index (Phi) is 8.83. The average Bonchev–Trinajstić information content (AvgIpc) is 3.11. The van der Waals surface area contributed by atoms with Gasteiger partial charge in [0, 0.05) is 19.3 Å². The SMILES string of the molecule is CC(C)C[C@@H](NC(=O)[C@@]1(O)C[C@@H](O)[C@H](O)[C@@H](NC(=O)CC2(CC(=O)O)CCCC2)C1)C(N)=O. The van der Waals surface area contributed by atoms with Crippen LogP contribution in [0.3, 0.4) is 0 Å². The summed E-state index contributed by atoms with van der Waals surface area (Å²) in [6.07, 6.45) is -0.920. The van der Waals surface area contributed by atoms with Crippen molar-refractivity contribution in [3.05, 3.63) is 0 Å². The van der Waals surface area contributed by atoms with Gasteiger partial charge in [-0.2, -0.15) is 0 Å². The molecule has 3 amide bonds. The number of carboxylic acid groups (broad SMARTS) is 1. The number of primary amides is 1. The number of amides is 3. The molecule has 0 unspecified atom stereocenters. The number of nitrogens with two attached hydrogens (primary N) is 1. The highest BCUT2D eigenvalue weighted by atomic mass is 16.4. The molecule has 0 aliphatic heterocycles. The molecule has 2 aliphatic carbocycles. The van der Waals surface area contributed by atoms with Crippen molar-refractivity contribution in [3.63, 3.8) is 0 Å². The highest BCUT2D eigenvalue weighted by molar-refractivity contribution is 5.91. The third-order valence-electron chi connectivity index (χ3n) is 6.76. The number of hydrogen-bond donors (Lipinski definition) is 7. The van der Waals surface area contributed by atoms with Crippen LogP contribution >= 0.6 is 0 Å². The van der Waals surface area contributed by atoms with Gasteiger partial charge in [-0.25, -0.2) is 0 Å². The van der Waals surface area contributed by atoms with Crippen LogP contribution in [-0.4, -0.2) is 74.0 Å². The minimum atomic E-state index is -2.15. The van der Waals surface area contributed by atoms with E-state index in [0.29, 0.717) is 12.8 Å². The maximum absolute atomic E-state index is 12.8. The fraction of sp³-hybridized carbons (Fsp3) is 0.818. The summed E-state index contributed by atoms with van der Waals surface area (Å²) in [6.45, 7) is 3.68. The summed E-state index contributed by atoms with van der Waals surface area (Å²) in [7, 11) is 0. The van der Waals surface area contributed by atoms with E-state index in [4.69, 9.17) is 5.73 Å². The van der Waals surface area contributed by atoms with Crippen LogP contribution in [0, 0.1) is 11.3 Å². The van der Waals surface area contributed by atoms with Crippen LogP contribution in [-0.2, 0) is 19.2 Å². The van der Waals surface area contributed by atoms with Gasteiger partial charge < -0.3 is 36.8 Å². The molecule has 188 valence electrons. The molecule has 8 N–H and O–H groups in total. The van der Waals surface area contributed by atoms with Crippen molar-refractivity contribution in [2.45, 2.75) is 102 Å². The minimum Gasteiger partial charge on any atom is -0.481 e. The van der Waals surface area contributed by atoms with E-state index >= 15 is 0 Å². The molecule has 2 saturated carbocycles. The summed E-state index contributed by atoms with van der Waals surface area (Å²) in [5.74, 6) is -3.16. The van der Waals surface area contributed by atoms with Crippen molar-refractivity contribution in [2.75, 3.05) is 0 Å². The van der Waals surface area contributed by atoms with Crippen molar-refractivity contribution in [3.8, 4) is 0 Å². The fourth-order valence-electron chi connectivity index (χ4n) is 5.10. The predicted molar refractivity (Wildman–Crippen MR) is 116 cm³/mol. The average molecular weight is 472 g/mol. The maximum atomic E-state index is 12.8. The lowest BCUT2D eigenvalue weighted by Crippen LogP contribution is -2.64. The van der Waals surface area contributed by atoms with Gasteiger partial charge in [-0.3, -0.25) is 19.2 Å². The maximum Gasteiger partial charge on any atom is 0.303 e. The zero-order chi connectivity index (χ0) is 25.0. The van der Waals surface area contributed by atoms with Gasteiger partial charge in [-0.1, -0.05) is 26.7 Å². The third-order valence-corrected chi connectivity index (χ3v) is 6.76. The lowest BCUT2D eigenvalue weighted by Gasteiger charge is -2.42. The second-order valence-corrected chi connectivity index (χ2v) is 10.2. The van der Waals surface area contributed by atoms with Crippen molar-refractivity contribution in [2.24, 2.45) is 17.1 Å². The lowest BCUT2D eigenvalue weighted by atomic mass is 9.76. The van der Waals surface area contributed by atoms with Crippen molar-refractivity contribution in [1.82, 2.24) is 10.6 Å². The van der Waals surface area contributed by atoms with Crippen LogP contribution in [0.15, 0.2) is 0 Å². The van der Waals surface area contributed by atoms with Gasteiger partial charge in [0.25, 0.3) is 5.91 Å². The second-order valence-electron chi connectivity index (χ2n) is 10.2. The number of nitrogens with one attached hydrogen (secondary N) is 2. The first-order valence-corrected chi connectivity index (χ1v) is 11.5. The van der Waals surface area contributed by atoms with Gasteiger partial charge >= 0.3 is 5.97 Å². The highest BCUT2D eigenvalue weighted by Crippen LogP contribution is 2.44. The van der Waals surface area contributed by atoms with Gasteiger partial charge in [0.2, 0.25) is 11.8 Å². The molecule has 0 saturated heterocycles. The van der Waals surface area contributed by atoms with Gasteiger partial charge in [0.15, 0.2) is 0 Å². The smallest absolute Gasteiger partial charge is 0.303 e. The van der Waals surface area contributed by atoms with E-state index in [0.717, 1.165) is 12.8 Å². The molecule has 2 aliphatic rings. The van der Waals surface area contributed by atoms with Crippen LogP contribution in [0.5, 0.6) is 0 Å². The van der Waals surface area contributed by atoms with Gasteiger partial charge in [0.05, 0.1) is 18.6 Å². The molecule has 11 heteroatoms. The predicted octanol–water partition coefficient (Wildman–Crippen LogP) is -0.841. The quantitative estimate of drug-likeness (QED) is 0.214. The van der Waals surface area contributed by atoms with Gasteiger partial charge in [-0.15, -0.1) is 0 Å². The summed E-state index contributed by atoms with van der Waals surface area (Å²) in [5, 5.41) is 45.8. The molecule has 0 radical (unpaired) electrons. The number of rotatable bonds is 10. The Morgan fingerprint density at radius 2 is 1.67 bits per heavy atom. The number of hydrogen-bond acceptors (Lipinski definition) is 7. The van der Waals surface area contributed by atoms with Crippen LogP contribution in [0.25, 0.3) is 0 Å². The topological polar surface area (TPSA) is 199 Å². The first kappa shape index (κ1) is 27.0. The van der Waals surface area contributed by atoms with Crippen LogP contribution < -0.4 is 16.4 Å². The molecule has 11 nitrogen and oxygen atoms in total. The van der Waals surface area contributed by atoms with E-state index in [9.17, 15) is 39.6 Å². The molecule has 0 spiro atoms. The van der Waals surface area contributed by atoms with Gasteiger partial charge in [0.1, 0.15) is 17.7 Å². The standard InChI is InChI=1S/C22H37N3O8/c1-12(2)7-13(19(23)31)25-20(32)22(33)8-14(18(30)15(26)9-22)24-16(27)10-21(11-17(28)29)5-3-4-6-21/h12-15,18,26,30,33H,3-11H2,1-2H3,(H2,23,31)(H,24,27)(H,25,32)(H,28,29)/t13-,14+,15-,18-,22+/m1/s1. The van der Waals surface area contributed by atoms with Crippen LogP contribution in [0.4, 0.5) is 0 Å². The molecule has 0 heterocycles. The summed E-state index contributed by atoms with van der Waals surface area (Å²) in [4.78, 5) is 48.5. The fourth-order valence-corrected chi connectivity index (χ4v) is 5.10. The summed E-state index contributed by atoms with van der Waals surface area (Å²) in [6, 6.07) is -2.16. The Balaban J connectivity index is 2.10. The number of carbonyl (C=O) groups excluding carboxylic acids is 3. The Bertz CT molecular complexity index is 752. The number of carboxylic acids is 1. The van der Waals surface area contributed by atoms with E-state index < -0.39 is 65.4 Å². The van der Waals surface area contributed by atoms with E-state index in [1.165, 1.54) is 0 Å². The van der Waals surface area contributed by atoms with Crippen LogP contribution in [0.2, 0.25) is 0 Å². The minimum absolute atomic E-state index is 0.0389. The molecule has 2 rings (SSSR count). The second kappa shape index (κ2) is 10.8. The first-order chi connectivity index (χ1) is 15.3. The molecule has 33 heavy (non-hydrogen) atoms. The monoisotopic (exact) mass is 471 g/mol. The van der Waals surface area contributed by atoms with Crippen molar-refractivity contribution < 1.29 is 39.6 Å². The first-order valence-electron chi connectivity index (χ1n) is 11.5. The molecule has 0 aromatic carbocycles. The van der Waals surface area contributed by atoms with E-state index in [1.54, 1.807) is 0 Å². The largest absolute Gasteiger partial charge is 0.481 e. The Labute approximate surface area is 193 Å². The highest BCUT2D eigenvalue weighted by Gasteiger charge is 2.50. The number of carbonyl (C=O) groups is 4. The Morgan fingerprint density at radius 1 is 1.06 bits per heavy atom. The molecule has 0 aromatic heterocycles. The normalized spacial score (nSPS) is 29.9. The molecule has 5 atom stereocenters.